The topological polar surface area (TPSA) is 87.7 Å². The number of rotatable bonds is 5. The highest BCUT2D eigenvalue weighted by Gasteiger charge is 2.30. The van der Waals surface area contributed by atoms with Crippen LogP contribution in [0.2, 0.25) is 0 Å². The van der Waals surface area contributed by atoms with Crippen molar-refractivity contribution in [2.45, 2.75) is 64.3 Å². The third kappa shape index (κ3) is 3.89. The first-order valence-corrected chi connectivity index (χ1v) is 6.81. The summed E-state index contributed by atoms with van der Waals surface area (Å²) in [5.74, 6) is 0.548. The molecule has 0 aliphatic heterocycles. The van der Waals surface area contributed by atoms with E-state index in [-0.39, 0.29) is 11.7 Å². The van der Waals surface area contributed by atoms with Crippen molar-refractivity contribution in [3.63, 3.8) is 0 Å². The molecule has 18 heavy (non-hydrogen) atoms. The van der Waals surface area contributed by atoms with Gasteiger partial charge in [-0.3, -0.25) is 4.79 Å². The zero-order valence-corrected chi connectivity index (χ0v) is 11.4. The van der Waals surface area contributed by atoms with Gasteiger partial charge in [-0.2, -0.15) is 0 Å². The van der Waals surface area contributed by atoms with Crippen LogP contribution < -0.4 is 11.1 Å². The van der Waals surface area contributed by atoms with Gasteiger partial charge in [-0.05, 0) is 32.1 Å². The zero-order chi connectivity index (χ0) is 13.6. The molecule has 104 valence electrons. The summed E-state index contributed by atoms with van der Waals surface area (Å²) in [5, 5.41) is 14.6. The summed E-state index contributed by atoms with van der Waals surface area (Å²) in [6.45, 7) is 3.68. The number of oxime groups is 1. The lowest BCUT2D eigenvalue weighted by atomic mass is 9.86. The maximum Gasteiger partial charge on any atom is 0.221 e. The van der Waals surface area contributed by atoms with E-state index in [4.69, 9.17) is 10.9 Å². The Morgan fingerprint density at radius 3 is 2.56 bits per heavy atom. The molecule has 4 N–H and O–H groups in total. The van der Waals surface area contributed by atoms with Gasteiger partial charge in [0.15, 0.2) is 5.84 Å². The van der Waals surface area contributed by atoms with Gasteiger partial charge >= 0.3 is 0 Å². The Bertz CT molecular complexity index is 311. The molecule has 0 aromatic rings. The lowest BCUT2D eigenvalue weighted by Gasteiger charge is -2.29. The molecule has 1 saturated carbocycles. The average molecular weight is 255 g/mol. The highest BCUT2D eigenvalue weighted by molar-refractivity contribution is 5.93. The summed E-state index contributed by atoms with van der Waals surface area (Å²) in [5.41, 5.74) is 4.88. The van der Waals surface area contributed by atoms with E-state index in [0.29, 0.717) is 18.8 Å². The van der Waals surface area contributed by atoms with E-state index >= 15 is 0 Å². The lowest BCUT2D eigenvalue weighted by molar-refractivity contribution is -0.123. The van der Waals surface area contributed by atoms with Gasteiger partial charge < -0.3 is 16.3 Å². The number of nitrogens with one attached hydrogen (secondary N) is 1. The second-order valence-corrected chi connectivity index (χ2v) is 5.43. The van der Waals surface area contributed by atoms with Crippen LogP contribution in [0.4, 0.5) is 0 Å². The predicted octanol–water partition coefficient (Wildman–Crippen LogP) is 1.99. The average Bonchev–Trinajstić information content (AvgIpc) is 2.38. The van der Waals surface area contributed by atoms with Crippen LogP contribution in [0.5, 0.6) is 0 Å². The van der Waals surface area contributed by atoms with E-state index in [1.807, 2.05) is 6.92 Å². The van der Waals surface area contributed by atoms with Gasteiger partial charge in [-0.15, -0.1) is 0 Å². The third-order valence-electron chi connectivity index (χ3n) is 3.99. The van der Waals surface area contributed by atoms with Crippen molar-refractivity contribution in [2.75, 3.05) is 0 Å². The molecule has 5 heteroatoms. The molecule has 1 atom stereocenters. The van der Waals surface area contributed by atoms with Gasteiger partial charge in [0.1, 0.15) is 0 Å². The molecular weight excluding hydrogens is 230 g/mol. The molecule has 1 aliphatic rings. The molecule has 1 aliphatic carbocycles. The number of amides is 1. The number of carbonyl (C=O) groups is 1. The minimum Gasteiger partial charge on any atom is -0.409 e. The van der Waals surface area contributed by atoms with Crippen molar-refractivity contribution in [3.05, 3.63) is 0 Å². The monoisotopic (exact) mass is 255 g/mol. The Balaban J connectivity index is 2.51. The van der Waals surface area contributed by atoms with Crippen molar-refractivity contribution in [2.24, 2.45) is 16.8 Å². The Morgan fingerprint density at radius 1 is 1.44 bits per heavy atom. The second kappa shape index (κ2) is 6.61. The van der Waals surface area contributed by atoms with Crippen LogP contribution in [0, 0.1) is 5.92 Å². The van der Waals surface area contributed by atoms with E-state index in [2.05, 4.69) is 10.5 Å². The number of hydrogen-bond donors (Lipinski definition) is 3. The van der Waals surface area contributed by atoms with E-state index in [9.17, 15) is 4.79 Å². The molecule has 0 radical (unpaired) electrons. The van der Waals surface area contributed by atoms with Crippen LogP contribution in [0.25, 0.3) is 0 Å². The standard InChI is InChI=1S/C13H25N3O2/c1-3-13(2,12(14)16-18)15-11(17)9-10-7-5-4-6-8-10/h10,18H,3-9H2,1-2H3,(H2,14,16)(H,15,17). The molecule has 0 aromatic heterocycles. The molecule has 0 spiro atoms. The van der Waals surface area contributed by atoms with Gasteiger partial charge in [0, 0.05) is 6.42 Å². The normalized spacial score (nSPS) is 21.3. The number of amidine groups is 1. The second-order valence-electron chi connectivity index (χ2n) is 5.43. The molecule has 0 bridgehead atoms. The van der Waals surface area contributed by atoms with Crippen LogP contribution >= 0.6 is 0 Å². The predicted molar refractivity (Wildman–Crippen MR) is 71.4 cm³/mol. The smallest absolute Gasteiger partial charge is 0.221 e. The number of carbonyl (C=O) groups excluding carboxylic acids is 1. The lowest BCUT2D eigenvalue weighted by Crippen LogP contribution is -2.55. The zero-order valence-electron chi connectivity index (χ0n) is 11.4. The van der Waals surface area contributed by atoms with Crippen LogP contribution in [0.15, 0.2) is 5.16 Å². The SMILES string of the molecule is CCC(C)(NC(=O)CC1CCCCC1)/C(N)=N/O. The van der Waals surface area contributed by atoms with Crippen LogP contribution in [-0.2, 0) is 4.79 Å². The van der Waals surface area contributed by atoms with Gasteiger partial charge in [0.25, 0.3) is 0 Å². The molecular formula is C13H25N3O2. The molecule has 5 nitrogen and oxygen atoms in total. The maximum atomic E-state index is 12.0. The third-order valence-corrected chi connectivity index (χ3v) is 3.99. The van der Waals surface area contributed by atoms with Crippen molar-refractivity contribution >= 4 is 11.7 Å². The molecule has 1 rings (SSSR count). The number of hydrogen-bond acceptors (Lipinski definition) is 3. The molecule has 0 heterocycles. The van der Waals surface area contributed by atoms with Crippen LogP contribution in [-0.4, -0.2) is 22.5 Å². The van der Waals surface area contributed by atoms with Crippen molar-refractivity contribution in [1.82, 2.24) is 5.32 Å². The first-order chi connectivity index (χ1) is 8.51. The van der Waals surface area contributed by atoms with Crippen LogP contribution in [0.3, 0.4) is 0 Å². The Hall–Kier alpha value is -1.26. The fourth-order valence-electron chi connectivity index (χ4n) is 2.46. The Labute approximate surface area is 109 Å². The van der Waals surface area contributed by atoms with Gasteiger partial charge in [0.05, 0.1) is 5.54 Å². The maximum absolute atomic E-state index is 12.0. The molecule has 1 amide bonds. The molecule has 1 unspecified atom stereocenters. The van der Waals surface area contributed by atoms with Crippen molar-refractivity contribution in [1.29, 1.82) is 0 Å². The fraction of sp³-hybridized carbons (Fsp3) is 0.846. The summed E-state index contributed by atoms with van der Waals surface area (Å²) in [6, 6.07) is 0. The van der Waals surface area contributed by atoms with E-state index in [1.54, 1.807) is 6.92 Å². The van der Waals surface area contributed by atoms with Gasteiger partial charge in [-0.1, -0.05) is 31.3 Å². The number of nitrogens with zero attached hydrogens (tertiary/aromatic N) is 1. The Kier molecular flexibility index (Phi) is 5.44. The molecule has 0 aromatic carbocycles. The first-order valence-electron chi connectivity index (χ1n) is 6.81. The fourth-order valence-corrected chi connectivity index (χ4v) is 2.46. The van der Waals surface area contributed by atoms with Gasteiger partial charge in [0.2, 0.25) is 5.91 Å². The quantitative estimate of drug-likeness (QED) is 0.304. The van der Waals surface area contributed by atoms with Gasteiger partial charge in [-0.25, -0.2) is 0 Å². The highest BCUT2D eigenvalue weighted by Crippen LogP contribution is 2.26. The minimum atomic E-state index is -0.750. The first kappa shape index (κ1) is 14.8. The minimum absolute atomic E-state index is 0.00199. The summed E-state index contributed by atoms with van der Waals surface area (Å²) < 4.78 is 0. The summed E-state index contributed by atoms with van der Waals surface area (Å²) in [6.07, 6.45) is 7.16. The van der Waals surface area contributed by atoms with Crippen molar-refractivity contribution < 1.29 is 10.0 Å². The summed E-state index contributed by atoms with van der Waals surface area (Å²) >= 11 is 0. The molecule has 1 fully saturated rings. The van der Waals surface area contributed by atoms with E-state index in [1.165, 1.54) is 19.3 Å². The largest absolute Gasteiger partial charge is 0.409 e. The number of nitrogens with two attached hydrogens (primary N) is 1. The highest BCUT2D eigenvalue weighted by atomic mass is 16.4. The van der Waals surface area contributed by atoms with E-state index in [0.717, 1.165) is 12.8 Å². The van der Waals surface area contributed by atoms with Crippen molar-refractivity contribution in [3.8, 4) is 0 Å². The van der Waals surface area contributed by atoms with E-state index < -0.39 is 5.54 Å². The molecule has 0 saturated heterocycles. The summed E-state index contributed by atoms with van der Waals surface area (Å²) in [7, 11) is 0. The Morgan fingerprint density at radius 2 is 2.06 bits per heavy atom. The van der Waals surface area contributed by atoms with Crippen LogP contribution in [0.1, 0.15) is 58.8 Å². The summed E-state index contributed by atoms with van der Waals surface area (Å²) in [4.78, 5) is 12.0.